The van der Waals surface area contributed by atoms with Gasteiger partial charge in [-0.3, -0.25) is 4.79 Å². The van der Waals surface area contributed by atoms with Gasteiger partial charge in [0.15, 0.2) is 0 Å². The molecule has 1 aromatic carbocycles. The monoisotopic (exact) mass is 290 g/mol. The maximum Gasteiger partial charge on any atom is 0.226 e. The van der Waals surface area contributed by atoms with Crippen molar-refractivity contribution in [1.29, 1.82) is 0 Å². The molecular weight excluding hydrogens is 267 g/mol. The first kappa shape index (κ1) is 14.5. The van der Waals surface area contributed by atoms with Crippen LogP contribution in [-0.4, -0.2) is 23.4 Å². The van der Waals surface area contributed by atoms with E-state index >= 15 is 0 Å². The molecule has 0 bridgehead atoms. The number of likely N-dealkylation sites (tertiary alicyclic amines) is 1. The maximum atomic E-state index is 14.1. The van der Waals surface area contributed by atoms with E-state index in [4.69, 9.17) is 5.73 Å². The Hall–Kier alpha value is -1.42. The largest absolute Gasteiger partial charge is 0.335 e. The molecule has 0 spiro atoms. The van der Waals surface area contributed by atoms with E-state index in [0.717, 1.165) is 32.2 Å². The fourth-order valence-corrected chi connectivity index (χ4v) is 3.80. The predicted octanol–water partition coefficient (Wildman–Crippen LogP) is 2.86. The van der Waals surface area contributed by atoms with E-state index in [0.29, 0.717) is 11.5 Å². The van der Waals surface area contributed by atoms with Crippen LogP contribution in [0.15, 0.2) is 24.3 Å². The van der Waals surface area contributed by atoms with Gasteiger partial charge in [-0.25, -0.2) is 4.39 Å². The third-order valence-corrected chi connectivity index (χ3v) is 4.88. The fraction of sp³-hybridized carbons (Fsp3) is 0.588. The van der Waals surface area contributed by atoms with E-state index in [1.54, 1.807) is 12.1 Å². The van der Waals surface area contributed by atoms with Crippen LogP contribution in [0.25, 0.3) is 0 Å². The number of carbonyl (C=O) groups excluding carboxylic acids is 1. The van der Waals surface area contributed by atoms with E-state index in [-0.39, 0.29) is 29.7 Å². The summed E-state index contributed by atoms with van der Waals surface area (Å²) in [5, 5.41) is 0. The van der Waals surface area contributed by atoms with Crippen LogP contribution in [0.4, 0.5) is 4.39 Å². The molecule has 1 saturated heterocycles. The van der Waals surface area contributed by atoms with Gasteiger partial charge in [0.25, 0.3) is 0 Å². The number of benzene rings is 1. The molecule has 4 atom stereocenters. The van der Waals surface area contributed by atoms with Gasteiger partial charge in [-0.2, -0.15) is 0 Å². The Kier molecular flexibility index (Phi) is 3.98. The normalized spacial score (nSPS) is 32.6. The Morgan fingerprint density at radius 3 is 2.71 bits per heavy atom. The van der Waals surface area contributed by atoms with E-state index in [1.165, 1.54) is 6.07 Å². The number of halogens is 1. The molecular formula is C17H23FN2O. The molecule has 1 amide bonds. The summed E-state index contributed by atoms with van der Waals surface area (Å²) in [6.45, 7) is 2.85. The second-order valence-electron chi connectivity index (χ2n) is 6.64. The lowest BCUT2D eigenvalue weighted by Gasteiger charge is -2.28. The number of carbonyl (C=O) groups is 1. The zero-order valence-corrected chi connectivity index (χ0v) is 12.5. The SMILES string of the molecule is C[C@@H]1C[C@H](c2ccccc2F)N(C(=O)[C@H]2CC[C@@H](N)C2)C1. The smallest absolute Gasteiger partial charge is 0.226 e. The Morgan fingerprint density at radius 2 is 2.05 bits per heavy atom. The van der Waals surface area contributed by atoms with Crippen LogP contribution in [0.3, 0.4) is 0 Å². The quantitative estimate of drug-likeness (QED) is 0.910. The minimum absolute atomic E-state index is 0.0274. The van der Waals surface area contributed by atoms with E-state index in [9.17, 15) is 9.18 Å². The number of hydrogen-bond donors (Lipinski definition) is 1. The van der Waals surface area contributed by atoms with Gasteiger partial charge in [0.1, 0.15) is 5.82 Å². The van der Waals surface area contributed by atoms with E-state index < -0.39 is 0 Å². The van der Waals surface area contributed by atoms with Crippen molar-refractivity contribution in [1.82, 2.24) is 4.90 Å². The molecule has 4 heteroatoms. The summed E-state index contributed by atoms with van der Waals surface area (Å²) in [7, 11) is 0. The zero-order valence-electron chi connectivity index (χ0n) is 12.5. The molecule has 21 heavy (non-hydrogen) atoms. The zero-order chi connectivity index (χ0) is 15.0. The van der Waals surface area contributed by atoms with Crippen LogP contribution < -0.4 is 5.73 Å². The maximum absolute atomic E-state index is 14.1. The molecule has 3 nitrogen and oxygen atoms in total. The highest BCUT2D eigenvalue weighted by atomic mass is 19.1. The minimum Gasteiger partial charge on any atom is -0.335 e. The summed E-state index contributed by atoms with van der Waals surface area (Å²) in [5.41, 5.74) is 6.58. The van der Waals surface area contributed by atoms with Gasteiger partial charge in [0, 0.05) is 24.1 Å². The molecule has 3 rings (SSSR count). The number of rotatable bonds is 2. The average Bonchev–Trinajstić information content (AvgIpc) is 3.05. The minimum atomic E-state index is -0.211. The number of hydrogen-bond acceptors (Lipinski definition) is 2. The van der Waals surface area contributed by atoms with Gasteiger partial charge >= 0.3 is 0 Å². The Morgan fingerprint density at radius 1 is 1.29 bits per heavy atom. The molecule has 114 valence electrons. The van der Waals surface area contributed by atoms with Crippen LogP contribution in [0.5, 0.6) is 0 Å². The molecule has 2 aliphatic rings. The lowest BCUT2D eigenvalue weighted by molar-refractivity contribution is -0.136. The molecule has 2 N–H and O–H groups in total. The van der Waals surface area contributed by atoms with Crippen molar-refractivity contribution in [2.75, 3.05) is 6.54 Å². The third kappa shape index (κ3) is 2.82. The van der Waals surface area contributed by atoms with E-state index in [1.807, 2.05) is 11.0 Å². The lowest BCUT2D eigenvalue weighted by atomic mass is 9.99. The second-order valence-corrected chi connectivity index (χ2v) is 6.64. The van der Waals surface area contributed by atoms with Crippen molar-refractivity contribution < 1.29 is 9.18 Å². The van der Waals surface area contributed by atoms with Gasteiger partial charge in [-0.05, 0) is 37.7 Å². The fourth-order valence-electron chi connectivity index (χ4n) is 3.80. The number of amides is 1. The summed E-state index contributed by atoms with van der Waals surface area (Å²) >= 11 is 0. The van der Waals surface area contributed by atoms with Gasteiger partial charge in [-0.1, -0.05) is 25.1 Å². The van der Waals surface area contributed by atoms with Gasteiger partial charge in [0.2, 0.25) is 5.91 Å². The Labute approximate surface area is 125 Å². The molecule has 0 aromatic heterocycles. The predicted molar refractivity (Wildman–Crippen MR) is 80.0 cm³/mol. The summed E-state index contributed by atoms with van der Waals surface area (Å²) < 4.78 is 14.1. The summed E-state index contributed by atoms with van der Waals surface area (Å²) in [4.78, 5) is 14.7. The third-order valence-electron chi connectivity index (χ3n) is 4.88. The lowest BCUT2D eigenvalue weighted by Crippen LogP contribution is -2.36. The van der Waals surface area contributed by atoms with Crippen LogP contribution in [0.2, 0.25) is 0 Å². The summed E-state index contributed by atoms with van der Waals surface area (Å²) in [6, 6.07) is 6.84. The molecule has 2 fully saturated rings. The Bertz CT molecular complexity index is 533. The molecule has 1 aliphatic heterocycles. The molecule has 1 aromatic rings. The number of nitrogens with zero attached hydrogens (tertiary/aromatic N) is 1. The van der Waals surface area contributed by atoms with Crippen LogP contribution in [-0.2, 0) is 4.79 Å². The van der Waals surface area contributed by atoms with E-state index in [2.05, 4.69) is 6.92 Å². The first-order valence-electron chi connectivity index (χ1n) is 7.86. The molecule has 1 saturated carbocycles. The van der Waals surface area contributed by atoms with Gasteiger partial charge in [-0.15, -0.1) is 0 Å². The Balaban J connectivity index is 1.83. The number of nitrogens with two attached hydrogens (primary N) is 1. The highest BCUT2D eigenvalue weighted by Crippen LogP contribution is 2.39. The molecule has 0 unspecified atom stereocenters. The average molecular weight is 290 g/mol. The first-order chi connectivity index (χ1) is 10.1. The van der Waals surface area contributed by atoms with Crippen molar-refractivity contribution in [3.63, 3.8) is 0 Å². The standard InChI is InChI=1S/C17H23FN2O/c1-11-8-16(14-4-2-3-5-15(14)18)20(10-11)17(21)12-6-7-13(19)9-12/h2-5,11-13,16H,6-10,19H2,1H3/t11-,12+,13-,16-/m1/s1. The molecule has 1 aliphatic carbocycles. The highest BCUT2D eigenvalue weighted by molar-refractivity contribution is 5.80. The second kappa shape index (κ2) is 5.76. The molecule has 0 radical (unpaired) electrons. The summed E-state index contributed by atoms with van der Waals surface area (Å²) in [6.07, 6.45) is 3.40. The molecule has 1 heterocycles. The topological polar surface area (TPSA) is 46.3 Å². The first-order valence-corrected chi connectivity index (χ1v) is 7.86. The highest BCUT2D eigenvalue weighted by Gasteiger charge is 2.39. The van der Waals surface area contributed by atoms with Crippen molar-refractivity contribution in [2.45, 2.75) is 44.7 Å². The van der Waals surface area contributed by atoms with Crippen molar-refractivity contribution in [2.24, 2.45) is 17.6 Å². The van der Waals surface area contributed by atoms with Gasteiger partial charge in [0.05, 0.1) is 6.04 Å². The van der Waals surface area contributed by atoms with Crippen molar-refractivity contribution >= 4 is 5.91 Å². The van der Waals surface area contributed by atoms with Crippen LogP contribution in [0.1, 0.15) is 44.2 Å². The van der Waals surface area contributed by atoms with Crippen molar-refractivity contribution in [3.8, 4) is 0 Å². The summed E-state index contributed by atoms with van der Waals surface area (Å²) in [5.74, 6) is 0.395. The van der Waals surface area contributed by atoms with Gasteiger partial charge < -0.3 is 10.6 Å². The van der Waals surface area contributed by atoms with Crippen LogP contribution in [0, 0.1) is 17.7 Å². The van der Waals surface area contributed by atoms with Crippen molar-refractivity contribution in [3.05, 3.63) is 35.6 Å². The van der Waals surface area contributed by atoms with Crippen LogP contribution >= 0.6 is 0 Å².